The number of amides is 2. The summed E-state index contributed by atoms with van der Waals surface area (Å²) in [7, 11) is 0. The van der Waals surface area contributed by atoms with E-state index in [1.54, 1.807) is 24.3 Å². The molecule has 1 N–H and O–H groups in total. The van der Waals surface area contributed by atoms with Crippen LogP contribution in [0, 0.1) is 0 Å². The standard InChI is InChI=1S/C21H22ClN3O3/c22-16-7-5-15(6-8-16)14-25-20(27)13-18(21(25)28)24-11-9-23(10-12-24)17-3-1-2-4-19(17)26/h1-8,18,26H,9-14H2/t18-/m0/s1. The number of carbonyl (C=O) groups excluding carboxylic acids is 2. The fourth-order valence-corrected chi connectivity index (χ4v) is 4.02. The molecule has 2 saturated heterocycles. The van der Waals surface area contributed by atoms with Crippen LogP contribution in [0.25, 0.3) is 0 Å². The number of piperazine rings is 1. The molecule has 6 nitrogen and oxygen atoms in total. The van der Waals surface area contributed by atoms with E-state index in [1.165, 1.54) is 4.90 Å². The van der Waals surface area contributed by atoms with Crippen molar-refractivity contribution in [2.45, 2.75) is 19.0 Å². The van der Waals surface area contributed by atoms with Crippen molar-refractivity contribution in [3.8, 4) is 5.75 Å². The van der Waals surface area contributed by atoms with E-state index in [0.717, 1.165) is 11.3 Å². The molecule has 0 bridgehead atoms. The van der Waals surface area contributed by atoms with Crippen LogP contribution < -0.4 is 4.90 Å². The SMILES string of the molecule is O=C1C[C@H](N2CCN(c3ccccc3O)CC2)C(=O)N1Cc1ccc(Cl)cc1. The van der Waals surface area contributed by atoms with Gasteiger partial charge in [0.25, 0.3) is 0 Å². The van der Waals surface area contributed by atoms with Crippen LogP contribution in [0.2, 0.25) is 5.02 Å². The summed E-state index contributed by atoms with van der Waals surface area (Å²) in [5.74, 6) is 0.00116. The predicted molar refractivity (Wildman–Crippen MR) is 107 cm³/mol. The second-order valence-corrected chi connectivity index (χ2v) is 7.61. The van der Waals surface area contributed by atoms with Crippen molar-refractivity contribution < 1.29 is 14.7 Å². The largest absolute Gasteiger partial charge is 0.506 e. The molecule has 2 aliphatic rings. The Hall–Kier alpha value is -2.57. The van der Waals surface area contributed by atoms with Crippen molar-refractivity contribution in [3.05, 3.63) is 59.1 Å². The summed E-state index contributed by atoms with van der Waals surface area (Å²) in [5, 5.41) is 10.7. The van der Waals surface area contributed by atoms with E-state index in [1.807, 2.05) is 24.3 Å². The van der Waals surface area contributed by atoms with Gasteiger partial charge in [-0.1, -0.05) is 35.9 Å². The number of benzene rings is 2. The van der Waals surface area contributed by atoms with Gasteiger partial charge in [0.2, 0.25) is 11.8 Å². The molecule has 0 radical (unpaired) electrons. The topological polar surface area (TPSA) is 64.1 Å². The maximum atomic E-state index is 12.9. The van der Waals surface area contributed by atoms with Crippen molar-refractivity contribution in [2.75, 3.05) is 31.1 Å². The van der Waals surface area contributed by atoms with Crippen molar-refractivity contribution in [1.29, 1.82) is 0 Å². The predicted octanol–water partition coefficient (Wildman–Crippen LogP) is 2.50. The molecule has 2 fully saturated rings. The highest BCUT2D eigenvalue weighted by atomic mass is 35.5. The van der Waals surface area contributed by atoms with Crippen LogP contribution in [0.5, 0.6) is 5.75 Å². The van der Waals surface area contributed by atoms with E-state index < -0.39 is 6.04 Å². The molecule has 1 atom stereocenters. The second-order valence-electron chi connectivity index (χ2n) is 7.18. The van der Waals surface area contributed by atoms with Gasteiger partial charge in [0, 0.05) is 31.2 Å². The van der Waals surface area contributed by atoms with Crippen molar-refractivity contribution >= 4 is 29.1 Å². The lowest BCUT2D eigenvalue weighted by molar-refractivity contribution is -0.140. The third kappa shape index (κ3) is 3.70. The number of anilines is 1. The van der Waals surface area contributed by atoms with Crippen molar-refractivity contribution in [2.24, 2.45) is 0 Å². The van der Waals surface area contributed by atoms with Gasteiger partial charge in [-0.3, -0.25) is 19.4 Å². The van der Waals surface area contributed by atoms with Gasteiger partial charge in [0.05, 0.1) is 24.7 Å². The number of hydrogen-bond acceptors (Lipinski definition) is 5. The Morgan fingerprint density at radius 3 is 2.32 bits per heavy atom. The monoisotopic (exact) mass is 399 g/mol. The fraction of sp³-hybridized carbons (Fsp3) is 0.333. The number of phenolic OH excluding ortho intramolecular Hbond substituents is 1. The number of aromatic hydroxyl groups is 1. The summed E-state index contributed by atoms with van der Waals surface area (Å²) in [6.07, 6.45) is 0.225. The quantitative estimate of drug-likeness (QED) is 0.800. The molecule has 0 unspecified atom stereocenters. The molecule has 146 valence electrons. The first-order valence-electron chi connectivity index (χ1n) is 9.38. The van der Waals surface area contributed by atoms with E-state index in [4.69, 9.17) is 11.6 Å². The number of imide groups is 1. The molecule has 2 aromatic carbocycles. The Kier molecular flexibility index (Phi) is 5.24. The van der Waals surface area contributed by atoms with Crippen LogP contribution >= 0.6 is 11.6 Å². The number of carbonyl (C=O) groups is 2. The third-order valence-corrected chi connectivity index (χ3v) is 5.70. The minimum Gasteiger partial charge on any atom is -0.506 e. The van der Waals surface area contributed by atoms with Gasteiger partial charge in [-0.25, -0.2) is 0 Å². The minimum absolute atomic E-state index is 0.129. The summed E-state index contributed by atoms with van der Waals surface area (Å²) in [5.41, 5.74) is 1.69. The maximum Gasteiger partial charge on any atom is 0.247 e. The molecule has 0 aromatic heterocycles. The highest BCUT2D eigenvalue weighted by Crippen LogP contribution is 2.29. The Morgan fingerprint density at radius 2 is 1.64 bits per heavy atom. The van der Waals surface area contributed by atoms with Gasteiger partial charge >= 0.3 is 0 Å². The molecule has 2 aliphatic heterocycles. The molecule has 7 heteroatoms. The average Bonchev–Trinajstić information content (AvgIpc) is 2.98. The maximum absolute atomic E-state index is 12.9. The van der Waals surface area contributed by atoms with E-state index in [2.05, 4.69) is 9.80 Å². The van der Waals surface area contributed by atoms with E-state index in [0.29, 0.717) is 31.2 Å². The second kappa shape index (κ2) is 7.81. The minimum atomic E-state index is -0.397. The van der Waals surface area contributed by atoms with Crippen LogP contribution in [0.1, 0.15) is 12.0 Å². The Balaban J connectivity index is 1.39. The summed E-state index contributed by atoms with van der Waals surface area (Å²) in [6, 6.07) is 14.1. The number of nitrogens with zero attached hydrogens (tertiary/aromatic N) is 3. The molecule has 4 rings (SSSR count). The number of phenols is 1. The summed E-state index contributed by atoms with van der Waals surface area (Å²) >= 11 is 5.90. The Bertz CT molecular complexity index is 879. The molecular weight excluding hydrogens is 378 g/mol. The number of para-hydroxylation sites is 2. The first-order valence-corrected chi connectivity index (χ1v) is 9.76. The van der Waals surface area contributed by atoms with Gasteiger partial charge in [-0.15, -0.1) is 0 Å². The Morgan fingerprint density at radius 1 is 0.964 bits per heavy atom. The summed E-state index contributed by atoms with van der Waals surface area (Å²) in [6.45, 7) is 3.03. The molecule has 28 heavy (non-hydrogen) atoms. The van der Waals surface area contributed by atoms with Crippen LogP contribution in [0.15, 0.2) is 48.5 Å². The molecule has 0 aliphatic carbocycles. The van der Waals surface area contributed by atoms with Crippen LogP contribution in [-0.2, 0) is 16.1 Å². The first kappa shape index (κ1) is 18.8. The molecule has 2 aromatic rings. The van der Waals surface area contributed by atoms with Crippen LogP contribution in [0.3, 0.4) is 0 Å². The van der Waals surface area contributed by atoms with E-state index in [9.17, 15) is 14.7 Å². The zero-order valence-corrected chi connectivity index (χ0v) is 16.2. The molecular formula is C21H22ClN3O3. The summed E-state index contributed by atoms with van der Waals surface area (Å²) < 4.78 is 0. The number of likely N-dealkylation sites (tertiary alicyclic amines) is 1. The van der Waals surface area contributed by atoms with Gasteiger partial charge in [0.15, 0.2) is 0 Å². The number of halogens is 1. The van der Waals surface area contributed by atoms with E-state index >= 15 is 0 Å². The fourth-order valence-electron chi connectivity index (χ4n) is 3.90. The summed E-state index contributed by atoms with van der Waals surface area (Å²) in [4.78, 5) is 30.9. The third-order valence-electron chi connectivity index (χ3n) is 5.45. The lowest BCUT2D eigenvalue weighted by Gasteiger charge is -2.38. The zero-order valence-electron chi connectivity index (χ0n) is 15.4. The van der Waals surface area contributed by atoms with Crippen molar-refractivity contribution in [1.82, 2.24) is 9.80 Å². The Labute approximate surface area is 168 Å². The normalized spacial score (nSPS) is 20.8. The van der Waals surface area contributed by atoms with Gasteiger partial charge in [0.1, 0.15) is 5.75 Å². The zero-order chi connectivity index (χ0) is 19.7. The van der Waals surface area contributed by atoms with Gasteiger partial charge in [-0.05, 0) is 29.8 Å². The molecule has 2 heterocycles. The molecule has 2 amide bonds. The van der Waals surface area contributed by atoms with Gasteiger partial charge < -0.3 is 10.0 Å². The smallest absolute Gasteiger partial charge is 0.247 e. The molecule has 0 saturated carbocycles. The lowest BCUT2D eigenvalue weighted by atomic mass is 10.1. The van der Waals surface area contributed by atoms with Crippen LogP contribution in [0.4, 0.5) is 5.69 Å². The van der Waals surface area contributed by atoms with Crippen molar-refractivity contribution in [3.63, 3.8) is 0 Å². The average molecular weight is 400 g/mol. The lowest BCUT2D eigenvalue weighted by Crippen LogP contribution is -2.52. The molecule has 0 spiro atoms. The number of rotatable bonds is 4. The van der Waals surface area contributed by atoms with E-state index in [-0.39, 0.29) is 30.5 Å². The van der Waals surface area contributed by atoms with Crippen LogP contribution in [-0.4, -0.2) is 58.9 Å². The van der Waals surface area contributed by atoms with Gasteiger partial charge in [-0.2, -0.15) is 0 Å². The first-order chi connectivity index (χ1) is 13.5. The number of hydrogen-bond donors (Lipinski definition) is 1. The highest BCUT2D eigenvalue weighted by Gasteiger charge is 2.42. The highest BCUT2D eigenvalue weighted by molar-refractivity contribution is 6.30.